The highest BCUT2D eigenvalue weighted by Crippen LogP contribution is 2.23. The Bertz CT molecular complexity index is 952. The SMILES string of the molecule is CCOc1ccc(Oc2cccn(Cc3ccc(Cl)cc3Cl)c2=O)cc1. The van der Waals surface area contributed by atoms with Gasteiger partial charge in [0.2, 0.25) is 0 Å². The molecule has 134 valence electrons. The largest absolute Gasteiger partial charge is 0.494 e. The fraction of sp³-hybridized carbons (Fsp3) is 0.150. The van der Waals surface area contributed by atoms with E-state index in [1.807, 2.05) is 6.92 Å². The lowest BCUT2D eigenvalue weighted by atomic mass is 10.2. The predicted molar refractivity (Wildman–Crippen MR) is 104 cm³/mol. The summed E-state index contributed by atoms with van der Waals surface area (Å²) < 4.78 is 12.7. The number of rotatable bonds is 6. The van der Waals surface area contributed by atoms with Crippen LogP contribution in [0.25, 0.3) is 0 Å². The van der Waals surface area contributed by atoms with Gasteiger partial charge in [0.15, 0.2) is 5.75 Å². The van der Waals surface area contributed by atoms with Gasteiger partial charge in [-0.25, -0.2) is 0 Å². The average molecular weight is 390 g/mol. The van der Waals surface area contributed by atoms with Gasteiger partial charge < -0.3 is 14.0 Å². The Morgan fingerprint density at radius 2 is 1.73 bits per heavy atom. The van der Waals surface area contributed by atoms with E-state index in [2.05, 4.69) is 0 Å². The molecule has 0 spiro atoms. The van der Waals surface area contributed by atoms with E-state index in [9.17, 15) is 4.79 Å². The first-order valence-corrected chi connectivity index (χ1v) is 8.86. The lowest BCUT2D eigenvalue weighted by molar-refractivity contribution is 0.339. The molecule has 0 unspecified atom stereocenters. The third-order valence-electron chi connectivity index (χ3n) is 3.70. The van der Waals surface area contributed by atoms with Crippen molar-refractivity contribution in [2.75, 3.05) is 6.61 Å². The van der Waals surface area contributed by atoms with E-state index >= 15 is 0 Å². The van der Waals surface area contributed by atoms with Crippen LogP contribution in [-0.4, -0.2) is 11.2 Å². The highest BCUT2D eigenvalue weighted by molar-refractivity contribution is 6.35. The Kier molecular flexibility index (Phi) is 5.86. The van der Waals surface area contributed by atoms with Crippen molar-refractivity contribution in [2.45, 2.75) is 13.5 Å². The molecule has 3 aromatic rings. The van der Waals surface area contributed by atoms with E-state index in [-0.39, 0.29) is 11.3 Å². The van der Waals surface area contributed by atoms with Crippen LogP contribution < -0.4 is 15.0 Å². The number of hydrogen-bond acceptors (Lipinski definition) is 3. The lowest BCUT2D eigenvalue weighted by Gasteiger charge is -2.11. The zero-order valence-corrected chi connectivity index (χ0v) is 15.6. The van der Waals surface area contributed by atoms with Gasteiger partial charge in [0.1, 0.15) is 11.5 Å². The number of ether oxygens (including phenoxy) is 2. The van der Waals surface area contributed by atoms with E-state index < -0.39 is 0 Å². The summed E-state index contributed by atoms with van der Waals surface area (Å²) in [7, 11) is 0. The molecule has 0 saturated carbocycles. The Morgan fingerprint density at radius 3 is 2.42 bits per heavy atom. The topological polar surface area (TPSA) is 40.5 Å². The second kappa shape index (κ2) is 8.30. The van der Waals surface area contributed by atoms with Crippen LogP contribution in [-0.2, 0) is 6.54 Å². The number of hydrogen-bond donors (Lipinski definition) is 0. The molecule has 0 bridgehead atoms. The summed E-state index contributed by atoms with van der Waals surface area (Å²) in [5.41, 5.74) is 0.559. The van der Waals surface area contributed by atoms with Crippen molar-refractivity contribution in [3.05, 3.63) is 86.8 Å². The Labute approximate surface area is 161 Å². The van der Waals surface area contributed by atoms with Gasteiger partial charge in [0, 0.05) is 16.2 Å². The molecule has 0 aliphatic rings. The first-order chi connectivity index (χ1) is 12.6. The monoisotopic (exact) mass is 389 g/mol. The fourth-order valence-corrected chi connectivity index (χ4v) is 2.92. The van der Waals surface area contributed by atoms with E-state index in [4.69, 9.17) is 32.7 Å². The van der Waals surface area contributed by atoms with Crippen LogP contribution in [0.1, 0.15) is 12.5 Å². The molecule has 2 aromatic carbocycles. The molecule has 4 nitrogen and oxygen atoms in total. The number of aromatic nitrogens is 1. The van der Waals surface area contributed by atoms with Crippen LogP contribution in [0.5, 0.6) is 17.2 Å². The van der Waals surface area contributed by atoms with Gasteiger partial charge in [0.25, 0.3) is 5.56 Å². The molecule has 26 heavy (non-hydrogen) atoms. The number of halogens is 2. The van der Waals surface area contributed by atoms with E-state index in [0.717, 1.165) is 11.3 Å². The Balaban J connectivity index is 1.81. The first kappa shape index (κ1) is 18.4. The summed E-state index contributed by atoms with van der Waals surface area (Å²) in [6.07, 6.45) is 1.69. The van der Waals surface area contributed by atoms with Crippen molar-refractivity contribution in [3.8, 4) is 17.2 Å². The average Bonchev–Trinajstić information content (AvgIpc) is 2.62. The summed E-state index contributed by atoms with van der Waals surface area (Å²) in [5, 5.41) is 1.07. The molecule has 0 atom stereocenters. The fourth-order valence-electron chi connectivity index (χ4n) is 2.45. The second-order valence-electron chi connectivity index (χ2n) is 5.55. The minimum atomic E-state index is -0.243. The molecule has 3 rings (SSSR count). The predicted octanol–water partition coefficient (Wildman–Crippen LogP) is 5.39. The molecular weight excluding hydrogens is 373 g/mol. The molecule has 1 heterocycles. The second-order valence-corrected chi connectivity index (χ2v) is 6.39. The van der Waals surface area contributed by atoms with Crippen LogP contribution in [0.2, 0.25) is 10.0 Å². The van der Waals surface area contributed by atoms with Crippen LogP contribution >= 0.6 is 23.2 Å². The lowest BCUT2D eigenvalue weighted by Crippen LogP contribution is -2.21. The maximum absolute atomic E-state index is 12.7. The van der Waals surface area contributed by atoms with E-state index in [0.29, 0.717) is 28.9 Å². The Hall–Kier alpha value is -2.43. The molecule has 0 fully saturated rings. The molecule has 0 amide bonds. The van der Waals surface area contributed by atoms with Gasteiger partial charge >= 0.3 is 0 Å². The standard InChI is InChI=1S/C20H17Cl2NO3/c1-2-25-16-7-9-17(10-8-16)26-19-4-3-11-23(20(19)24)13-14-5-6-15(21)12-18(14)22/h3-12H,2,13H2,1H3. The quantitative estimate of drug-likeness (QED) is 0.566. The van der Waals surface area contributed by atoms with Gasteiger partial charge in [-0.05, 0) is 61.0 Å². The normalized spacial score (nSPS) is 10.6. The molecule has 6 heteroatoms. The number of pyridine rings is 1. The number of benzene rings is 2. The Morgan fingerprint density at radius 1 is 1.00 bits per heavy atom. The molecule has 1 aromatic heterocycles. The molecule has 0 radical (unpaired) electrons. The highest BCUT2D eigenvalue weighted by Gasteiger charge is 2.09. The van der Waals surface area contributed by atoms with Gasteiger partial charge in [-0.2, -0.15) is 0 Å². The molecule has 0 aliphatic carbocycles. The minimum absolute atomic E-state index is 0.238. The molecule has 0 aliphatic heterocycles. The summed E-state index contributed by atoms with van der Waals surface area (Å²) in [6, 6.07) is 15.7. The van der Waals surface area contributed by atoms with E-state index in [1.165, 1.54) is 0 Å². The minimum Gasteiger partial charge on any atom is -0.494 e. The van der Waals surface area contributed by atoms with E-state index in [1.54, 1.807) is 65.4 Å². The summed E-state index contributed by atoms with van der Waals surface area (Å²) in [5.74, 6) is 1.55. The van der Waals surface area contributed by atoms with Crippen molar-refractivity contribution >= 4 is 23.2 Å². The van der Waals surface area contributed by atoms with Crippen molar-refractivity contribution < 1.29 is 9.47 Å². The van der Waals surface area contributed by atoms with Crippen LogP contribution in [0.4, 0.5) is 0 Å². The van der Waals surface area contributed by atoms with Crippen molar-refractivity contribution in [1.29, 1.82) is 0 Å². The van der Waals surface area contributed by atoms with Gasteiger partial charge in [0.05, 0.1) is 13.2 Å². The zero-order chi connectivity index (χ0) is 18.5. The molecule has 0 N–H and O–H groups in total. The highest BCUT2D eigenvalue weighted by atomic mass is 35.5. The van der Waals surface area contributed by atoms with Gasteiger partial charge in [-0.15, -0.1) is 0 Å². The molecular formula is C20H17Cl2NO3. The maximum atomic E-state index is 12.7. The van der Waals surface area contributed by atoms with Crippen molar-refractivity contribution in [3.63, 3.8) is 0 Å². The smallest absolute Gasteiger partial charge is 0.293 e. The number of nitrogens with zero attached hydrogens (tertiary/aromatic N) is 1. The third kappa shape index (κ3) is 4.40. The first-order valence-electron chi connectivity index (χ1n) is 8.11. The zero-order valence-electron chi connectivity index (χ0n) is 14.1. The summed E-state index contributed by atoms with van der Waals surface area (Å²) in [6.45, 7) is 2.84. The van der Waals surface area contributed by atoms with Gasteiger partial charge in [-0.1, -0.05) is 29.3 Å². The molecule has 0 saturated heterocycles. The maximum Gasteiger partial charge on any atom is 0.293 e. The van der Waals surface area contributed by atoms with Gasteiger partial charge in [-0.3, -0.25) is 4.79 Å². The van der Waals surface area contributed by atoms with Crippen LogP contribution in [0, 0.1) is 0 Å². The summed E-state index contributed by atoms with van der Waals surface area (Å²) in [4.78, 5) is 12.7. The van der Waals surface area contributed by atoms with Crippen molar-refractivity contribution in [2.24, 2.45) is 0 Å². The van der Waals surface area contributed by atoms with Crippen LogP contribution in [0.3, 0.4) is 0 Å². The summed E-state index contributed by atoms with van der Waals surface area (Å²) >= 11 is 12.1. The third-order valence-corrected chi connectivity index (χ3v) is 4.29. The van der Waals surface area contributed by atoms with Crippen LogP contribution in [0.15, 0.2) is 65.6 Å². The van der Waals surface area contributed by atoms with Crippen molar-refractivity contribution in [1.82, 2.24) is 4.57 Å².